The fourth-order valence-corrected chi connectivity index (χ4v) is 2.59. The molecule has 0 N–H and O–H groups in total. The molecule has 0 atom stereocenters. The molecule has 2 aliphatic rings. The molecule has 15 heavy (non-hydrogen) atoms. The highest BCUT2D eigenvalue weighted by molar-refractivity contribution is 5.37. The summed E-state index contributed by atoms with van der Waals surface area (Å²) in [4.78, 5) is 0. The van der Waals surface area contributed by atoms with Gasteiger partial charge in [0.25, 0.3) is 0 Å². The molecule has 0 aliphatic heterocycles. The monoisotopic (exact) mass is 201 g/mol. The molecular formula is C12H15N3. The molecule has 3 rings (SSSR count). The second-order valence-electron chi connectivity index (χ2n) is 4.62. The molecule has 0 bridgehead atoms. The van der Waals surface area contributed by atoms with Crippen molar-refractivity contribution in [1.29, 1.82) is 5.26 Å². The predicted molar refractivity (Wildman–Crippen MR) is 56.5 cm³/mol. The lowest BCUT2D eigenvalue weighted by molar-refractivity contribution is 0.286. The van der Waals surface area contributed by atoms with Gasteiger partial charge in [-0.1, -0.05) is 0 Å². The van der Waals surface area contributed by atoms with E-state index in [-0.39, 0.29) is 0 Å². The number of nitriles is 1. The Morgan fingerprint density at radius 1 is 1.20 bits per heavy atom. The van der Waals surface area contributed by atoms with Gasteiger partial charge in [0.15, 0.2) is 0 Å². The highest BCUT2D eigenvalue weighted by atomic mass is 15.3. The van der Waals surface area contributed by atoms with Crippen LogP contribution in [-0.2, 0) is 12.8 Å². The summed E-state index contributed by atoms with van der Waals surface area (Å²) in [6.07, 6.45) is 8.29. The third kappa shape index (κ3) is 1.28. The lowest BCUT2D eigenvalue weighted by atomic mass is 9.92. The molecule has 1 fully saturated rings. The molecule has 1 saturated carbocycles. The maximum absolute atomic E-state index is 9.22. The lowest BCUT2D eigenvalue weighted by Crippen LogP contribution is -2.19. The van der Waals surface area contributed by atoms with Crippen molar-refractivity contribution in [3.05, 3.63) is 17.0 Å². The van der Waals surface area contributed by atoms with Gasteiger partial charge in [0.2, 0.25) is 0 Å². The summed E-state index contributed by atoms with van der Waals surface area (Å²) in [5.41, 5.74) is 3.30. The van der Waals surface area contributed by atoms with Gasteiger partial charge in [0, 0.05) is 5.56 Å². The molecule has 1 heterocycles. The number of aromatic nitrogens is 2. The molecule has 1 aromatic rings. The van der Waals surface area contributed by atoms with E-state index in [4.69, 9.17) is 0 Å². The molecule has 1 aromatic heterocycles. The smallest absolute Gasteiger partial charge is 0.142 e. The van der Waals surface area contributed by atoms with E-state index in [0.29, 0.717) is 6.04 Å². The van der Waals surface area contributed by atoms with E-state index >= 15 is 0 Å². The van der Waals surface area contributed by atoms with Crippen LogP contribution in [0, 0.1) is 11.3 Å². The lowest BCUT2D eigenvalue weighted by Gasteiger charge is -2.26. The van der Waals surface area contributed by atoms with Crippen LogP contribution >= 0.6 is 0 Å². The number of fused-ring (bicyclic) bond motifs is 1. The summed E-state index contributed by atoms with van der Waals surface area (Å²) in [7, 11) is 0. The fourth-order valence-electron chi connectivity index (χ4n) is 2.59. The predicted octanol–water partition coefficient (Wildman–Crippen LogP) is 2.36. The standard InChI is InChI=1S/C12H15N3/c13-8-12-10-6-1-2-7-11(10)14-15(12)9-4-3-5-9/h9H,1-7H2. The van der Waals surface area contributed by atoms with Crippen molar-refractivity contribution in [2.75, 3.05) is 0 Å². The highest BCUT2D eigenvalue weighted by Gasteiger charge is 2.27. The average Bonchev–Trinajstić information content (AvgIpc) is 2.53. The number of rotatable bonds is 1. The Kier molecular flexibility index (Phi) is 2.02. The summed E-state index contributed by atoms with van der Waals surface area (Å²) in [5.74, 6) is 0. The molecule has 2 aliphatic carbocycles. The van der Waals surface area contributed by atoms with Crippen LogP contribution in [0.15, 0.2) is 0 Å². The van der Waals surface area contributed by atoms with Gasteiger partial charge in [-0.05, 0) is 44.9 Å². The minimum atomic E-state index is 0.519. The van der Waals surface area contributed by atoms with Gasteiger partial charge in [-0.25, -0.2) is 0 Å². The van der Waals surface area contributed by atoms with Crippen molar-refractivity contribution in [2.45, 2.75) is 51.0 Å². The molecular weight excluding hydrogens is 186 g/mol. The topological polar surface area (TPSA) is 41.6 Å². The first-order chi connectivity index (χ1) is 7.40. The molecule has 0 aromatic carbocycles. The number of hydrogen-bond acceptors (Lipinski definition) is 2. The zero-order valence-corrected chi connectivity index (χ0v) is 8.87. The van der Waals surface area contributed by atoms with E-state index in [2.05, 4.69) is 11.2 Å². The minimum absolute atomic E-state index is 0.519. The Hall–Kier alpha value is -1.30. The van der Waals surface area contributed by atoms with Crippen LogP contribution in [0.3, 0.4) is 0 Å². The molecule has 0 radical (unpaired) electrons. The van der Waals surface area contributed by atoms with Crippen LogP contribution in [0.2, 0.25) is 0 Å². The maximum atomic E-state index is 9.22. The van der Waals surface area contributed by atoms with Crippen LogP contribution in [0.1, 0.15) is 55.1 Å². The SMILES string of the molecule is N#Cc1c2c(nn1C1CCC1)CCCC2. The Bertz CT molecular complexity index is 421. The average molecular weight is 201 g/mol. The second kappa shape index (κ2) is 3.37. The van der Waals surface area contributed by atoms with E-state index in [1.165, 1.54) is 43.4 Å². The van der Waals surface area contributed by atoms with E-state index in [9.17, 15) is 5.26 Å². The first kappa shape index (κ1) is 8.96. The maximum Gasteiger partial charge on any atom is 0.142 e. The summed E-state index contributed by atoms with van der Waals surface area (Å²) in [5, 5.41) is 13.9. The van der Waals surface area contributed by atoms with Crippen LogP contribution in [-0.4, -0.2) is 9.78 Å². The Labute approximate surface area is 89.7 Å². The van der Waals surface area contributed by atoms with Gasteiger partial charge < -0.3 is 0 Å². The zero-order chi connectivity index (χ0) is 10.3. The van der Waals surface area contributed by atoms with Crippen molar-refractivity contribution < 1.29 is 0 Å². The van der Waals surface area contributed by atoms with Gasteiger partial charge in [-0.2, -0.15) is 10.4 Å². The Balaban J connectivity index is 2.06. The number of aryl methyl sites for hydroxylation is 1. The highest BCUT2D eigenvalue weighted by Crippen LogP contribution is 2.34. The Morgan fingerprint density at radius 3 is 2.67 bits per heavy atom. The summed E-state index contributed by atoms with van der Waals surface area (Å²) in [6.45, 7) is 0. The molecule has 0 amide bonds. The second-order valence-corrected chi connectivity index (χ2v) is 4.62. The molecule has 0 spiro atoms. The van der Waals surface area contributed by atoms with Crippen molar-refractivity contribution in [3.8, 4) is 6.07 Å². The van der Waals surface area contributed by atoms with Crippen LogP contribution in [0.4, 0.5) is 0 Å². The Morgan fingerprint density at radius 2 is 2.00 bits per heavy atom. The van der Waals surface area contributed by atoms with Crippen molar-refractivity contribution >= 4 is 0 Å². The molecule has 0 unspecified atom stereocenters. The quantitative estimate of drug-likeness (QED) is 0.700. The van der Waals surface area contributed by atoms with Gasteiger partial charge in [0.1, 0.15) is 11.8 Å². The van der Waals surface area contributed by atoms with Gasteiger partial charge >= 0.3 is 0 Å². The van der Waals surface area contributed by atoms with E-state index in [1.807, 2.05) is 4.68 Å². The van der Waals surface area contributed by atoms with E-state index < -0.39 is 0 Å². The van der Waals surface area contributed by atoms with Crippen LogP contribution < -0.4 is 0 Å². The molecule has 78 valence electrons. The number of nitrogens with zero attached hydrogens (tertiary/aromatic N) is 3. The molecule has 0 saturated heterocycles. The normalized spacial score (nSPS) is 20.5. The van der Waals surface area contributed by atoms with E-state index in [0.717, 1.165) is 18.5 Å². The third-order valence-corrected chi connectivity index (χ3v) is 3.71. The first-order valence-electron chi connectivity index (χ1n) is 5.90. The van der Waals surface area contributed by atoms with Gasteiger partial charge in [-0.3, -0.25) is 4.68 Å². The fraction of sp³-hybridized carbons (Fsp3) is 0.667. The third-order valence-electron chi connectivity index (χ3n) is 3.71. The molecule has 3 heteroatoms. The van der Waals surface area contributed by atoms with E-state index in [1.54, 1.807) is 0 Å². The largest absolute Gasteiger partial charge is 0.251 e. The van der Waals surface area contributed by atoms with Crippen LogP contribution in [0.25, 0.3) is 0 Å². The summed E-state index contributed by atoms with van der Waals surface area (Å²) >= 11 is 0. The van der Waals surface area contributed by atoms with Crippen molar-refractivity contribution in [3.63, 3.8) is 0 Å². The van der Waals surface area contributed by atoms with Crippen LogP contribution in [0.5, 0.6) is 0 Å². The minimum Gasteiger partial charge on any atom is -0.251 e. The van der Waals surface area contributed by atoms with Gasteiger partial charge in [-0.15, -0.1) is 0 Å². The van der Waals surface area contributed by atoms with Crippen molar-refractivity contribution in [2.24, 2.45) is 0 Å². The molecule has 3 nitrogen and oxygen atoms in total. The number of hydrogen-bond donors (Lipinski definition) is 0. The first-order valence-corrected chi connectivity index (χ1v) is 5.90. The summed E-state index contributed by atoms with van der Waals surface area (Å²) < 4.78 is 2.01. The zero-order valence-electron chi connectivity index (χ0n) is 8.87. The summed E-state index contributed by atoms with van der Waals surface area (Å²) in [6, 6.07) is 2.87. The van der Waals surface area contributed by atoms with Gasteiger partial charge in [0.05, 0.1) is 11.7 Å². The van der Waals surface area contributed by atoms with Crippen molar-refractivity contribution in [1.82, 2.24) is 9.78 Å².